The summed E-state index contributed by atoms with van der Waals surface area (Å²) >= 11 is 0. The van der Waals surface area contributed by atoms with Crippen LogP contribution in [-0.4, -0.2) is 67.3 Å². The van der Waals surface area contributed by atoms with E-state index in [1.165, 1.54) is 0 Å². The predicted octanol–water partition coefficient (Wildman–Crippen LogP) is 1.01. The van der Waals surface area contributed by atoms with Crippen molar-refractivity contribution in [1.29, 1.82) is 0 Å². The number of aliphatic hydroxyl groups is 1. The fourth-order valence-corrected chi connectivity index (χ4v) is 2.98. The van der Waals surface area contributed by atoms with Gasteiger partial charge in [-0.2, -0.15) is 0 Å². The third kappa shape index (κ3) is 3.99. The first-order chi connectivity index (χ1) is 10.5. The van der Waals surface area contributed by atoms with Crippen LogP contribution in [0, 0.1) is 5.92 Å². The molecule has 0 bridgehead atoms. The Morgan fingerprint density at radius 2 is 2.00 bits per heavy atom. The van der Waals surface area contributed by atoms with Gasteiger partial charge < -0.3 is 19.6 Å². The Balaban J connectivity index is 1.95. The van der Waals surface area contributed by atoms with Crippen LogP contribution in [-0.2, 0) is 11.2 Å². The molecule has 0 spiro atoms. The summed E-state index contributed by atoms with van der Waals surface area (Å²) in [7, 11) is 3.99. The lowest BCUT2D eigenvalue weighted by atomic mass is 10.0. The fraction of sp³-hybridized carbons (Fsp3) is 0.588. The van der Waals surface area contributed by atoms with E-state index >= 15 is 0 Å². The number of aliphatic hydroxyl groups excluding tert-OH is 1. The second kappa shape index (κ2) is 7.61. The quantitative estimate of drug-likeness (QED) is 0.852. The summed E-state index contributed by atoms with van der Waals surface area (Å²) in [5.41, 5.74) is 0.988. The molecule has 1 aliphatic rings. The lowest BCUT2D eigenvalue weighted by Gasteiger charge is -2.23. The Bertz CT molecular complexity index is 487. The van der Waals surface area contributed by atoms with E-state index in [0.717, 1.165) is 11.3 Å². The van der Waals surface area contributed by atoms with Crippen molar-refractivity contribution in [2.45, 2.75) is 19.4 Å². The van der Waals surface area contributed by atoms with E-state index in [1.54, 1.807) is 0 Å². The van der Waals surface area contributed by atoms with Crippen LogP contribution in [0.25, 0.3) is 0 Å². The van der Waals surface area contributed by atoms with Crippen molar-refractivity contribution < 1.29 is 14.6 Å². The van der Waals surface area contributed by atoms with Crippen molar-refractivity contribution in [2.75, 3.05) is 40.4 Å². The largest absolute Gasteiger partial charge is 0.494 e. The van der Waals surface area contributed by atoms with Crippen LogP contribution in [0.1, 0.15) is 12.5 Å². The first-order valence-electron chi connectivity index (χ1n) is 7.82. The molecule has 5 nitrogen and oxygen atoms in total. The van der Waals surface area contributed by atoms with Gasteiger partial charge in [-0.3, -0.25) is 4.79 Å². The highest BCUT2D eigenvalue weighted by atomic mass is 16.5. The highest BCUT2D eigenvalue weighted by molar-refractivity contribution is 5.79. The summed E-state index contributed by atoms with van der Waals surface area (Å²) < 4.78 is 5.41. The molecule has 2 rings (SSSR count). The molecule has 122 valence electrons. The number of hydrogen-bond acceptors (Lipinski definition) is 4. The van der Waals surface area contributed by atoms with Crippen molar-refractivity contribution in [2.24, 2.45) is 5.92 Å². The van der Waals surface area contributed by atoms with E-state index < -0.39 is 0 Å². The van der Waals surface area contributed by atoms with E-state index in [-0.39, 0.29) is 24.5 Å². The molecule has 1 fully saturated rings. The molecule has 1 N–H and O–H groups in total. The zero-order valence-electron chi connectivity index (χ0n) is 13.7. The zero-order valence-corrected chi connectivity index (χ0v) is 13.7. The summed E-state index contributed by atoms with van der Waals surface area (Å²) in [6, 6.07) is 7.90. The Labute approximate surface area is 132 Å². The number of amides is 1. The van der Waals surface area contributed by atoms with Gasteiger partial charge in [0.2, 0.25) is 5.91 Å². The van der Waals surface area contributed by atoms with Gasteiger partial charge in [-0.25, -0.2) is 0 Å². The normalized spacial score (nSPS) is 21.4. The van der Waals surface area contributed by atoms with Crippen LogP contribution in [0.15, 0.2) is 24.3 Å². The molecule has 1 saturated heterocycles. The maximum absolute atomic E-state index is 12.4. The smallest absolute Gasteiger partial charge is 0.227 e. The van der Waals surface area contributed by atoms with Crippen LogP contribution in [0.2, 0.25) is 0 Å². The Kier molecular flexibility index (Phi) is 5.80. The number of rotatable bonds is 6. The van der Waals surface area contributed by atoms with E-state index in [2.05, 4.69) is 4.90 Å². The zero-order chi connectivity index (χ0) is 16.1. The Hall–Kier alpha value is -1.59. The van der Waals surface area contributed by atoms with Gasteiger partial charge in [-0.1, -0.05) is 12.1 Å². The SMILES string of the molecule is CCOc1ccc(CC(=O)N2CC(CO)C(N(C)C)C2)cc1. The van der Waals surface area contributed by atoms with Crippen molar-refractivity contribution in [1.82, 2.24) is 9.80 Å². The summed E-state index contributed by atoms with van der Waals surface area (Å²) in [6.07, 6.45) is 0.394. The summed E-state index contributed by atoms with van der Waals surface area (Å²) in [5, 5.41) is 9.48. The van der Waals surface area contributed by atoms with Gasteiger partial charge in [0, 0.05) is 31.7 Å². The summed E-state index contributed by atoms with van der Waals surface area (Å²) in [6.45, 7) is 4.03. The molecule has 2 unspecified atom stereocenters. The van der Waals surface area contributed by atoms with Crippen molar-refractivity contribution in [3.63, 3.8) is 0 Å². The predicted molar refractivity (Wildman–Crippen MR) is 85.9 cm³/mol. The first kappa shape index (κ1) is 16.8. The van der Waals surface area contributed by atoms with Crippen molar-refractivity contribution in [3.8, 4) is 5.75 Å². The Morgan fingerprint density at radius 1 is 1.32 bits per heavy atom. The minimum atomic E-state index is 0.118. The second-order valence-electron chi connectivity index (χ2n) is 6.03. The van der Waals surface area contributed by atoms with Gasteiger partial charge in [0.05, 0.1) is 13.0 Å². The third-order valence-corrected chi connectivity index (χ3v) is 4.25. The average molecular weight is 306 g/mol. The molecule has 0 aromatic heterocycles. The maximum Gasteiger partial charge on any atom is 0.227 e. The molecule has 1 aromatic rings. The summed E-state index contributed by atoms with van der Waals surface area (Å²) in [4.78, 5) is 16.4. The average Bonchev–Trinajstić information content (AvgIpc) is 2.94. The third-order valence-electron chi connectivity index (χ3n) is 4.25. The van der Waals surface area contributed by atoms with Crippen LogP contribution in [0.4, 0.5) is 0 Å². The van der Waals surface area contributed by atoms with Gasteiger partial charge in [-0.05, 0) is 38.7 Å². The number of likely N-dealkylation sites (tertiary alicyclic amines) is 1. The number of benzene rings is 1. The number of likely N-dealkylation sites (N-methyl/N-ethyl adjacent to an activating group) is 1. The second-order valence-corrected chi connectivity index (χ2v) is 6.03. The summed E-state index contributed by atoms with van der Waals surface area (Å²) in [5.74, 6) is 1.08. The topological polar surface area (TPSA) is 53.0 Å². The van der Waals surface area contributed by atoms with Crippen LogP contribution < -0.4 is 4.74 Å². The Morgan fingerprint density at radius 3 is 2.50 bits per heavy atom. The number of hydrogen-bond donors (Lipinski definition) is 1. The van der Waals surface area contributed by atoms with Crippen LogP contribution >= 0.6 is 0 Å². The molecule has 2 atom stereocenters. The molecule has 0 radical (unpaired) electrons. The maximum atomic E-state index is 12.4. The molecular formula is C17H26N2O3. The lowest BCUT2D eigenvalue weighted by Crippen LogP contribution is -2.37. The molecule has 1 aromatic carbocycles. The van der Waals surface area contributed by atoms with Crippen LogP contribution in [0.5, 0.6) is 5.75 Å². The molecule has 5 heteroatoms. The molecule has 1 aliphatic heterocycles. The monoisotopic (exact) mass is 306 g/mol. The number of nitrogens with zero attached hydrogens (tertiary/aromatic N) is 2. The lowest BCUT2D eigenvalue weighted by molar-refractivity contribution is -0.129. The fourth-order valence-electron chi connectivity index (χ4n) is 2.98. The molecule has 22 heavy (non-hydrogen) atoms. The van der Waals surface area contributed by atoms with Gasteiger partial charge in [0.15, 0.2) is 0 Å². The number of carbonyl (C=O) groups is 1. The van der Waals surface area contributed by atoms with Gasteiger partial charge in [0.25, 0.3) is 0 Å². The highest BCUT2D eigenvalue weighted by Gasteiger charge is 2.35. The van der Waals surface area contributed by atoms with Crippen LogP contribution in [0.3, 0.4) is 0 Å². The minimum absolute atomic E-state index is 0.118. The van der Waals surface area contributed by atoms with E-state index in [4.69, 9.17) is 4.74 Å². The van der Waals surface area contributed by atoms with Gasteiger partial charge >= 0.3 is 0 Å². The standard InChI is InChI=1S/C17H26N2O3/c1-4-22-15-7-5-13(6-8-15)9-17(21)19-10-14(12-20)16(11-19)18(2)3/h5-8,14,16,20H,4,9-12H2,1-3H3. The van der Waals surface area contributed by atoms with E-state index in [0.29, 0.717) is 26.1 Å². The molecule has 1 amide bonds. The highest BCUT2D eigenvalue weighted by Crippen LogP contribution is 2.21. The van der Waals surface area contributed by atoms with Crippen molar-refractivity contribution in [3.05, 3.63) is 29.8 Å². The van der Waals surface area contributed by atoms with E-state index in [9.17, 15) is 9.90 Å². The van der Waals surface area contributed by atoms with Crippen molar-refractivity contribution >= 4 is 5.91 Å². The molecular weight excluding hydrogens is 280 g/mol. The van der Waals surface area contributed by atoms with Gasteiger partial charge in [0.1, 0.15) is 5.75 Å². The molecule has 0 saturated carbocycles. The van der Waals surface area contributed by atoms with Gasteiger partial charge in [-0.15, -0.1) is 0 Å². The van der Waals surface area contributed by atoms with E-state index in [1.807, 2.05) is 50.2 Å². The molecule has 0 aliphatic carbocycles. The molecule has 1 heterocycles. The number of carbonyl (C=O) groups excluding carboxylic acids is 1. The first-order valence-corrected chi connectivity index (χ1v) is 7.82. The minimum Gasteiger partial charge on any atom is -0.494 e. The number of ether oxygens (including phenoxy) is 1.